The maximum atomic E-state index is 11.1. The summed E-state index contributed by atoms with van der Waals surface area (Å²) in [5.41, 5.74) is 0.723. The zero-order valence-electron chi connectivity index (χ0n) is 8.61. The summed E-state index contributed by atoms with van der Waals surface area (Å²) in [7, 11) is 0. The van der Waals surface area contributed by atoms with E-state index in [1.807, 2.05) is 0 Å². The summed E-state index contributed by atoms with van der Waals surface area (Å²) in [6.07, 6.45) is 5.15. The normalized spacial score (nSPS) is 14.5. The lowest BCUT2D eigenvalue weighted by Gasteiger charge is -2.19. The second-order valence-corrected chi connectivity index (χ2v) is 5.72. The van der Waals surface area contributed by atoms with Gasteiger partial charge in [0.1, 0.15) is 0 Å². The maximum Gasteiger partial charge on any atom is 0.157 e. The monoisotopic (exact) mass is 244 g/mol. The zero-order valence-corrected chi connectivity index (χ0v) is 10.2. The maximum absolute atomic E-state index is 11.1. The quantitative estimate of drug-likeness (QED) is 0.829. The van der Waals surface area contributed by atoms with Crippen molar-refractivity contribution in [1.82, 2.24) is 4.98 Å². The van der Waals surface area contributed by atoms with Gasteiger partial charge in [-0.1, -0.05) is 11.6 Å². The zero-order chi connectivity index (χ0) is 11.5. The van der Waals surface area contributed by atoms with Crippen LogP contribution in [-0.4, -0.2) is 14.3 Å². The van der Waals surface area contributed by atoms with Crippen LogP contribution in [0.15, 0.2) is 24.4 Å². The number of hydrogen-bond donors (Lipinski definition) is 1. The van der Waals surface area contributed by atoms with Crippen molar-refractivity contribution in [3.05, 3.63) is 35.1 Å². The van der Waals surface area contributed by atoms with Crippen LogP contribution in [0.5, 0.6) is 0 Å². The number of halogens is 1. The number of nitrogens with zero attached hydrogens (tertiary/aromatic N) is 1. The number of pyridine rings is 1. The van der Waals surface area contributed by atoms with Crippen molar-refractivity contribution in [2.75, 3.05) is 0 Å². The van der Waals surface area contributed by atoms with E-state index in [0.717, 1.165) is 5.69 Å². The fourth-order valence-corrected chi connectivity index (χ4v) is 1.24. The molecule has 0 aromatic carbocycles. The summed E-state index contributed by atoms with van der Waals surface area (Å²) in [4.78, 5) is 4.09. The first-order valence-electron chi connectivity index (χ1n) is 4.39. The molecule has 0 radical (unpaired) electrons. The van der Waals surface area contributed by atoms with Crippen LogP contribution in [0, 0.1) is 0 Å². The highest BCUT2D eigenvalue weighted by molar-refractivity contribution is 7.90. The van der Waals surface area contributed by atoms with Gasteiger partial charge in [0.2, 0.25) is 0 Å². The fraction of sp³-hybridized carbons (Fsp3) is 0.300. The molecule has 1 heterocycles. The molecule has 1 aromatic rings. The lowest BCUT2D eigenvalue weighted by atomic mass is 10.2. The summed E-state index contributed by atoms with van der Waals surface area (Å²) in [6.45, 7) is 3.59. The van der Waals surface area contributed by atoms with Crippen LogP contribution < -0.4 is 5.14 Å². The number of aromatic nitrogens is 1. The van der Waals surface area contributed by atoms with Gasteiger partial charge in [-0.15, -0.1) is 0 Å². The number of hydrogen-bond acceptors (Lipinski definition) is 3. The molecule has 82 valence electrons. The largest absolute Gasteiger partial charge is 0.598 e. The van der Waals surface area contributed by atoms with Gasteiger partial charge in [0.05, 0.1) is 5.69 Å². The second-order valence-electron chi connectivity index (χ2n) is 3.63. The van der Waals surface area contributed by atoms with Gasteiger partial charge in [0.15, 0.2) is 4.75 Å². The molecule has 15 heavy (non-hydrogen) atoms. The van der Waals surface area contributed by atoms with Crippen molar-refractivity contribution in [3.63, 3.8) is 0 Å². The Morgan fingerprint density at radius 3 is 2.80 bits per heavy atom. The molecule has 5 heteroatoms. The van der Waals surface area contributed by atoms with Crippen LogP contribution in [0.2, 0.25) is 5.02 Å². The molecule has 1 unspecified atom stereocenters. The van der Waals surface area contributed by atoms with E-state index in [-0.39, 0.29) is 0 Å². The summed E-state index contributed by atoms with van der Waals surface area (Å²) >= 11 is 4.40. The molecule has 3 nitrogen and oxygen atoms in total. The van der Waals surface area contributed by atoms with Crippen molar-refractivity contribution in [1.29, 1.82) is 0 Å². The van der Waals surface area contributed by atoms with Crippen LogP contribution in [-0.2, 0) is 11.4 Å². The third-order valence-electron chi connectivity index (χ3n) is 1.92. The van der Waals surface area contributed by atoms with E-state index in [2.05, 4.69) is 4.98 Å². The van der Waals surface area contributed by atoms with Crippen LogP contribution in [0.25, 0.3) is 6.08 Å². The molecule has 0 aliphatic rings. The van der Waals surface area contributed by atoms with Gasteiger partial charge in [-0.05, 0) is 38.1 Å². The van der Waals surface area contributed by atoms with E-state index in [1.54, 1.807) is 44.3 Å². The average molecular weight is 245 g/mol. The minimum atomic E-state index is -1.40. The number of nitrogens with two attached hydrogens (primary N) is 1. The molecular formula is C10H13ClN2OS. The summed E-state index contributed by atoms with van der Waals surface area (Å²) in [5.74, 6) is 0. The first kappa shape index (κ1) is 12.5. The summed E-state index contributed by atoms with van der Waals surface area (Å²) < 4.78 is 10.6. The molecule has 2 N–H and O–H groups in total. The number of rotatable bonds is 3. The van der Waals surface area contributed by atoms with E-state index in [0.29, 0.717) is 5.02 Å². The Bertz CT molecular complexity index is 366. The first-order valence-corrected chi connectivity index (χ1v) is 5.98. The summed E-state index contributed by atoms with van der Waals surface area (Å²) in [6, 6.07) is 3.43. The van der Waals surface area contributed by atoms with Gasteiger partial charge in [0, 0.05) is 22.6 Å². The molecule has 0 amide bonds. The molecule has 0 bridgehead atoms. The van der Waals surface area contributed by atoms with Crippen molar-refractivity contribution in [2.24, 2.45) is 5.14 Å². The van der Waals surface area contributed by atoms with Gasteiger partial charge in [-0.25, -0.2) is 0 Å². The van der Waals surface area contributed by atoms with E-state index < -0.39 is 16.1 Å². The van der Waals surface area contributed by atoms with Crippen LogP contribution >= 0.6 is 11.6 Å². The predicted octanol–water partition coefficient (Wildman–Crippen LogP) is 2.15. The molecule has 0 aliphatic heterocycles. The topological polar surface area (TPSA) is 62.0 Å². The van der Waals surface area contributed by atoms with Crippen LogP contribution in [0.1, 0.15) is 19.5 Å². The molecular weight excluding hydrogens is 232 g/mol. The Balaban J connectivity index is 2.82. The van der Waals surface area contributed by atoms with Gasteiger partial charge in [-0.3, -0.25) is 4.98 Å². The fourth-order valence-electron chi connectivity index (χ4n) is 0.865. The van der Waals surface area contributed by atoms with Crippen molar-refractivity contribution < 1.29 is 4.55 Å². The first-order chi connectivity index (χ1) is 6.92. The lowest BCUT2D eigenvalue weighted by molar-refractivity contribution is 0.573. The van der Waals surface area contributed by atoms with Gasteiger partial charge < -0.3 is 4.55 Å². The predicted molar refractivity (Wildman–Crippen MR) is 64.7 cm³/mol. The minimum Gasteiger partial charge on any atom is -0.598 e. The van der Waals surface area contributed by atoms with E-state index in [9.17, 15) is 4.55 Å². The molecule has 0 saturated carbocycles. The third-order valence-corrected chi connectivity index (χ3v) is 3.33. The average Bonchev–Trinajstić information content (AvgIpc) is 2.15. The third kappa shape index (κ3) is 3.83. The highest BCUT2D eigenvalue weighted by Crippen LogP contribution is 2.17. The Kier molecular flexibility index (Phi) is 4.16. The molecule has 1 aromatic heterocycles. The van der Waals surface area contributed by atoms with E-state index in [1.165, 1.54) is 0 Å². The molecule has 0 saturated heterocycles. The Hall–Kier alpha value is -0.550. The Labute approximate surface area is 97.7 Å². The van der Waals surface area contributed by atoms with Gasteiger partial charge in [0.25, 0.3) is 0 Å². The lowest BCUT2D eigenvalue weighted by Crippen LogP contribution is -2.35. The summed E-state index contributed by atoms with van der Waals surface area (Å²) in [5, 5.41) is 5.96. The van der Waals surface area contributed by atoms with Crippen molar-refractivity contribution >= 4 is 29.0 Å². The molecule has 1 rings (SSSR count). The molecule has 1 atom stereocenters. The van der Waals surface area contributed by atoms with Crippen LogP contribution in [0.4, 0.5) is 0 Å². The van der Waals surface area contributed by atoms with Crippen molar-refractivity contribution in [3.8, 4) is 0 Å². The molecule has 0 spiro atoms. The molecule has 0 fully saturated rings. The van der Waals surface area contributed by atoms with Crippen molar-refractivity contribution in [2.45, 2.75) is 18.6 Å². The van der Waals surface area contributed by atoms with E-state index in [4.69, 9.17) is 16.7 Å². The van der Waals surface area contributed by atoms with Gasteiger partial charge >= 0.3 is 0 Å². The smallest absolute Gasteiger partial charge is 0.157 e. The van der Waals surface area contributed by atoms with Crippen LogP contribution in [0.3, 0.4) is 0 Å². The highest BCUT2D eigenvalue weighted by Gasteiger charge is 2.25. The minimum absolute atomic E-state index is 0.565. The highest BCUT2D eigenvalue weighted by atomic mass is 35.5. The Morgan fingerprint density at radius 2 is 2.27 bits per heavy atom. The Morgan fingerprint density at radius 1 is 1.60 bits per heavy atom. The standard InChI is InChI=1S/C10H13ClN2OS/c1-10(2,15(12)14)5-3-9-7-8(11)4-6-13-9/h3-7H,12H2,1-2H3. The van der Waals surface area contributed by atoms with Gasteiger partial charge in [-0.2, -0.15) is 5.14 Å². The second kappa shape index (κ2) is 4.99. The van der Waals surface area contributed by atoms with E-state index >= 15 is 0 Å². The molecule has 0 aliphatic carbocycles. The SMILES string of the molecule is CC(C)(C=Cc1cc(Cl)ccn1)[S+](N)[O-].